The van der Waals surface area contributed by atoms with Gasteiger partial charge in [0.05, 0.1) is 0 Å². The largest absolute Gasteiger partial charge is 0.350 e. The van der Waals surface area contributed by atoms with Crippen LogP contribution in [0.3, 0.4) is 0 Å². The second-order valence-electron chi connectivity index (χ2n) is 7.38. The molecule has 3 atom stereocenters. The van der Waals surface area contributed by atoms with Crippen LogP contribution < -0.4 is 11.1 Å². The van der Waals surface area contributed by atoms with Gasteiger partial charge in [0.1, 0.15) is 0 Å². The summed E-state index contributed by atoms with van der Waals surface area (Å²) in [4.78, 5) is 12.7. The molecule has 0 heterocycles. The standard InChI is InChI=1S/C16H30N2O/c1-5-16(9-6-10-16)18-14(19)12-7-8-13(17)11(2)15(12,3)4/h11-13H,5-10,17H2,1-4H3,(H,18,19). The Morgan fingerprint density at radius 2 is 1.95 bits per heavy atom. The fourth-order valence-corrected chi connectivity index (χ4v) is 3.84. The molecule has 3 heteroatoms. The number of carbonyl (C=O) groups excluding carboxylic acids is 1. The Labute approximate surface area is 117 Å². The van der Waals surface area contributed by atoms with Gasteiger partial charge in [0.2, 0.25) is 5.91 Å². The van der Waals surface area contributed by atoms with E-state index in [1.807, 2.05) is 0 Å². The van der Waals surface area contributed by atoms with E-state index in [9.17, 15) is 4.79 Å². The van der Waals surface area contributed by atoms with E-state index in [4.69, 9.17) is 5.73 Å². The minimum absolute atomic E-state index is 0.000425. The molecule has 3 unspecified atom stereocenters. The van der Waals surface area contributed by atoms with Crippen molar-refractivity contribution < 1.29 is 4.79 Å². The summed E-state index contributed by atoms with van der Waals surface area (Å²) in [6, 6.07) is 0.239. The average molecular weight is 266 g/mol. The van der Waals surface area contributed by atoms with Gasteiger partial charge in [-0.15, -0.1) is 0 Å². The summed E-state index contributed by atoms with van der Waals surface area (Å²) in [7, 11) is 0. The van der Waals surface area contributed by atoms with E-state index in [2.05, 4.69) is 33.0 Å². The van der Waals surface area contributed by atoms with Gasteiger partial charge in [-0.1, -0.05) is 27.7 Å². The van der Waals surface area contributed by atoms with Crippen LogP contribution in [0.5, 0.6) is 0 Å². The first-order valence-corrected chi connectivity index (χ1v) is 7.90. The Morgan fingerprint density at radius 3 is 2.42 bits per heavy atom. The zero-order chi connectivity index (χ0) is 14.3. The van der Waals surface area contributed by atoms with Gasteiger partial charge >= 0.3 is 0 Å². The lowest BCUT2D eigenvalue weighted by atomic mass is 9.60. The van der Waals surface area contributed by atoms with Gasteiger partial charge in [-0.25, -0.2) is 0 Å². The molecule has 110 valence electrons. The zero-order valence-electron chi connectivity index (χ0n) is 13.0. The SMILES string of the molecule is CCC1(NC(=O)C2CCC(N)C(C)C2(C)C)CCC1. The number of rotatable bonds is 3. The van der Waals surface area contributed by atoms with Crippen molar-refractivity contribution in [3.8, 4) is 0 Å². The molecule has 0 aromatic heterocycles. The second-order valence-corrected chi connectivity index (χ2v) is 7.38. The highest BCUT2D eigenvalue weighted by atomic mass is 16.2. The summed E-state index contributed by atoms with van der Waals surface area (Å²) in [6.45, 7) is 8.80. The Balaban J connectivity index is 2.06. The van der Waals surface area contributed by atoms with Crippen LogP contribution in [0.4, 0.5) is 0 Å². The first-order chi connectivity index (χ1) is 8.82. The summed E-state index contributed by atoms with van der Waals surface area (Å²) in [5.74, 6) is 0.785. The Morgan fingerprint density at radius 1 is 1.32 bits per heavy atom. The third-order valence-electron chi connectivity index (χ3n) is 6.19. The third-order valence-corrected chi connectivity index (χ3v) is 6.19. The van der Waals surface area contributed by atoms with Crippen molar-refractivity contribution in [3.05, 3.63) is 0 Å². The van der Waals surface area contributed by atoms with Crippen molar-refractivity contribution in [3.63, 3.8) is 0 Å². The number of nitrogens with one attached hydrogen (secondary N) is 1. The minimum atomic E-state index is 0.000425. The monoisotopic (exact) mass is 266 g/mol. The summed E-state index contributed by atoms with van der Waals surface area (Å²) in [5.41, 5.74) is 6.28. The van der Waals surface area contributed by atoms with Gasteiger partial charge < -0.3 is 11.1 Å². The molecule has 2 aliphatic carbocycles. The van der Waals surface area contributed by atoms with Gasteiger partial charge in [0, 0.05) is 17.5 Å². The average Bonchev–Trinajstić information content (AvgIpc) is 2.30. The molecule has 2 aliphatic rings. The van der Waals surface area contributed by atoms with Crippen molar-refractivity contribution in [1.82, 2.24) is 5.32 Å². The van der Waals surface area contributed by atoms with Crippen molar-refractivity contribution >= 4 is 5.91 Å². The van der Waals surface area contributed by atoms with E-state index in [0.29, 0.717) is 5.92 Å². The van der Waals surface area contributed by atoms with E-state index in [0.717, 1.165) is 32.1 Å². The van der Waals surface area contributed by atoms with Crippen molar-refractivity contribution in [2.24, 2.45) is 23.0 Å². The quantitative estimate of drug-likeness (QED) is 0.825. The molecule has 0 radical (unpaired) electrons. The first kappa shape index (κ1) is 14.8. The summed E-state index contributed by atoms with van der Waals surface area (Å²) >= 11 is 0. The highest BCUT2D eigenvalue weighted by Gasteiger charge is 2.47. The van der Waals surface area contributed by atoms with Crippen LogP contribution in [-0.4, -0.2) is 17.5 Å². The lowest BCUT2D eigenvalue weighted by Crippen LogP contribution is -2.58. The third kappa shape index (κ3) is 2.54. The molecular formula is C16H30N2O. The Hall–Kier alpha value is -0.570. The van der Waals surface area contributed by atoms with Gasteiger partial charge in [0.25, 0.3) is 0 Å². The molecule has 0 aromatic rings. The highest BCUT2D eigenvalue weighted by Crippen LogP contribution is 2.45. The molecule has 0 saturated heterocycles. The van der Waals surface area contributed by atoms with E-state index in [-0.39, 0.29) is 28.8 Å². The maximum atomic E-state index is 12.7. The molecule has 3 N–H and O–H groups in total. The van der Waals surface area contributed by atoms with Gasteiger partial charge in [0.15, 0.2) is 0 Å². The van der Waals surface area contributed by atoms with Crippen LogP contribution >= 0.6 is 0 Å². The van der Waals surface area contributed by atoms with Crippen molar-refractivity contribution in [1.29, 1.82) is 0 Å². The molecule has 0 aliphatic heterocycles. The second kappa shape index (κ2) is 5.08. The zero-order valence-corrected chi connectivity index (χ0v) is 13.0. The lowest BCUT2D eigenvalue weighted by molar-refractivity contribution is -0.135. The number of nitrogens with two attached hydrogens (primary N) is 1. The highest BCUT2D eigenvalue weighted by molar-refractivity contribution is 5.80. The predicted octanol–water partition coefficient (Wildman–Crippen LogP) is 2.83. The van der Waals surface area contributed by atoms with Crippen LogP contribution in [0.25, 0.3) is 0 Å². The van der Waals surface area contributed by atoms with Crippen LogP contribution in [0.2, 0.25) is 0 Å². The molecule has 3 nitrogen and oxygen atoms in total. The van der Waals surface area contributed by atoms with Crippen LogP contribution in [0, 0.1) is 17.3 Å². The number of amides is 1. The number of carbonyl (C=O) groups is 1. The smallest absolute Gasteiger partial charge is 0.224 e. The molecular weight excluding hydrogens is 236 g/mol. The molecule has 2 rings (SSSR count). The topological polar surface area (TPSA) is 55.1 Å². The Kier molecular flexibility index (Phi) is 3.97. The fourth-order valence-electron chi connectivity index (χ4n) is 3.84. The van der Waals surface area contributed by atoms with E-state index in [1.165, 1.54) is 6.42 Å². The maximum absolute atomic E-state index is 12.7. The van der Waals surface area contributed by atoms with Crippen LogP contribution in [0.1, 0.15) is 66.2 Å². The van der Waals surface area contributed by atoms with Gasteiger partial charge in [-0.3, -0.25) is 4.79 Å². The van der Waals surface area contributed by atoms with Gasteiger partial charge in [-0.2, -0.15) is 0 Å². The molecule has 1 amide bonds. The maximum Gasteiger partial charge on any atom is 0.224 e. The van der Waals surface area contributed by atoms with E-state index in [1.54, 1.807) is 0 Å². The van der Waals surface area contributed by atoms with Crippen LogP contribution in [-0.2, 0) is 4.79 Å². The molecule has 0 spiro atoms. The molecule has 19 heavy (non-hydrogen) atoms. The minimum Gasteiger partial charge on any atom is -0.350 e. The number of hydrogen-bond acceptors (Lipinski definition) is 2. The molecule has 2 saturated carbocycles. The fraction of sp³-hybridized carbons (Fsp3) is 0.938. The van der Waals surface area contributed by atoms with E-state index < -0.39 is 0 Å². The first-order valence-electron chi connectivity index (χ1n) is 7.90. The van der Waals surface area contributed by atoms with E-state index >= 15 is 0 Å². The molecule has 0 bridgehead atoms. The Bertz CT molecular complexity index is 341. The summed E-state index contributed by atoms with van der Waals surface area (Å²) < 4.78 is 0. The lowest BCUT2D eigenvalue weighted by Gasteiger charge is -2.49. The van der Waals surface area contributed by atoms with Crippen LogP contribution in [0.15, 0.2) is 0 Å². The number of hydrogen-bond donors (Lipinski definition) is 2. The summed E-state index contributed by atoms with van der Waals surface area (Å²) in [5, 5.41) is 3.36. The molecule has 2 fully saturated rings. The normalized spacial score (nSPS) is 36.4. The van der Waals surface area contributed by atoms with Gasteiger partial charge in [-0.05, 0) is 49.9 Å². The molecule has 0 aromatic carbocycles. The summed E-state index contributed by atoms with van der Waals surface area (Å²) in [6.07, 6.45) is 6.52. The van der Waals surface area contributed by atoms with Crippen molar-refractivity contribution in [2.45, 2.75) is 77.8 Å². The predicted molar refractivity (Wildman–Crippen MR) is 78.7 cm³/mol. The van der Waals surface area contributed by atoms with Crippen molar-refractivity contribution in [2.75, 3.05) is 0 Å².